The minimum atomic E-state index is 0.0316. The number of aromatic nitrogens is 2. The van der Waals surface area contributed by atoms with Crippen molar-refractivity contribution in [3.05, 3.63) is 17.5 Å². The van der Waals surface area contributed by atoms with E-state index in [2.05, 4.69) is 5.10 Å². The Morgan fingerprint density at radius 3 is 2.95 bits per heavy atom. The van der Waals surface area contributed by atoms with Crippen LogP contribution in [0.2, 0.25) is 0 Å². The maximum atomic E-state index is 12.8. The van der Waals surface area contributed by atoms with Crippen molar-refractivity contribution >= 4 is 5.91 Å². The number of hydrogen-bond acceptors (Lipinski definition) is 4. The lowest BCUT2D eigenvalue weighted by Gasteiger charge is -2.27. The smallest absolute Gasteiger partial charge is 0.257 e. The minimum Gasteiger partial charge on any atom is -0.381 e. The summed E-state index contributed by atoms with van der Waals surface area (Å²) in [6.07, 6.45) is 6.28. The molecule has 6 heteroatoms. The second kappa shape index (κ2) is 6.79. The molecule has 2 aliphatic rings. The summed E-state index contributed by atoms with van der Waals surface area (Å²) in [7, 11) is 3.71. The highest BCUT2D eigenvalue weighted by molar-refractivity contribution is 5.95. The van der Waals surface area contributed by atoms with Crippen molar-refractivity contribution in [2.45, 2.75) is 37.7 Å². The van der Waals surface area contributed by atoms with Crippen LogP contribution in [0.25, 0.3) is 0 Å². The molecular formula is C16H25N3O3. The first-order valence-corrected chi connectivity index (χ1v) is 8.13. The van der Waals surface area contributed by atoms with Crippen LogP contribution in [0.5, 0.6) is 0 Å². The van der Waals surface area contributed by atoms with Crippen LogP contribution in [0.4, 0.5) is 0 Å². The zero-order valence-corrected chi connectivity index (χ0v) is 13.5. The molecule has 0 spiro atoms. The van der Waals surface area contributed by atoms with Gasteiger partial charge in [-0.1, -0.05) is 0 Å². The number of rotatable bonds is 4. The van der Waals surface area contributed by atoms with Gasteiger partial charge < -0.3 is 14.4 Å². The molecule has 0 saturated carbocycles. The Labute approximate surface area is 131 Å². The lowest BCUT2D eigenvalue weighted by atomic mass is 10.0. The highest BCUT2D eigenvalue weighted by Gasteiger charge is 2.29. The number of carbonyl (C=O) groups is 1. The van der Waals surface area contributed by atoms with Gasteiger partial charge in [0.05, 0.1) is 24.0 Å². The molecule has 3 heterocycles. The highest BCUT2D eigenvalue weighted by atomic mass is 16.5. The van der Waals surface area contributed by atoms with Gasteiger partial charge in [0.1, 0.15) is 0 Å². The summed E-state index contributed by atoms with van der Waals surface area (Å²) in [5, 5.41) is 4.50. The van der Waals surface area contributed by atoms with Crippen molar-refractivity contribution in [2.75, 3.05) is 33.4 Å². The van der Waals surface area contributed by atoms with Gasteiger partial charge in [-0.05, 0) is 25.7 Å². The second-order valence-electron chi connectivity index (χ2n) is 6.34. The Hall–Kier alpha value is -1.40. The van der Waals surface area contributed by atoms with Gasteiger partial charge in [0, 0.05) is 46.0 Å². The van der Waals surface area contributed by atoms with Crippen LogP contribution in [-0.2, 0) is 16.5 Å². The van der Waals surface area contributed by atoms with Crippen LogP contribution in [0.1, 0.15) is 47.7 Å². The molecule has 2 aliphatic heterocycles. The third-order valence-electron chi connectivity index (χ3n) is 4.50. The zero-order chi connectivity index (χ0) is 15.5. The fourth-order valence-corrected chi connectivity index (χ4v) is 3.27. The fraction of sp³-hybridized carbons (Fsp3) is 0.750. The van der Waals surface area contributed by atoms with Gasteiger partial charge in [-0.15, -0.1) is 0 Å². The topological polar surface area (TPSA) is 56.6 Å². The summed E-state index contributed by atoms with van der Waals surface area (Å²) in [6.45, 7) is 2.87. The van der Waals surface area contributed by atoms with Crippen LogP contribution in [0.15, 0.2) is 6.20 Å². The maximum Gasteiger partial charge on any atom is 0.257 e. The molecule has 2 saturated heterocycles. The molecule has 1 aromatic heterocycles. The predicted octanol–water partition coefficient (Wildman–Crippen LogP) is 1.57. The number of nitrogens with zero attached hydrogens (tertiary/aromatic N) is 3. The average molecular weight is 307 g/mol. The van der Waals surface area contributed by atoms with Crippen LogP contribution in [0.3, 0.4) is 0 Å². The lowest BCUT2D eigenvalue weighted by Crippen LogP contribution is -2.37. The van der Waals surface area contributed by atoms with E-state index in [1.807, 2.05) is 20.3 Å². The monoisotopic (exact) mass is 307 g/mol. The third-order valence-corrected chi connectivity index (χ3v) is 4.50. The van der Waals surface area contributed by atoms with Crippen molar-refractivity contribution < 1.29 is 14.3 Å². The maximum absolute atomic E-state index is 12.8. The highest BCUT2D eigenvalue weighted by Crippen LogP contribution is 2.27. The number of amides is 1. The quantitative estimate of drug-likeness (QED) is 0.847. The van der Waals surface area contributed by atoms with Crippen molar-refractivity contribution in [3.8, 4) is 0 Å². The van der Waals surface area contributed by atoms with Gasteiger partial charge >= 0.3 is 0 Å². The van der Waals surface area contributed by atoms with Crippen molar-refractivity contribution in [1.29, 1.82) is 0 Å². The standard InChI is InChI=1S/C16H25N3O3/c1-18(9-13-5-3-4-7-22-13)16(20)14-10-19(2)17-15(14)12-6-8-21-11-12/h10,12-13H,3-9,11H2,1-2H3/t12-,13+/m1/s1. The third kappa shape index (κ3) is 3.33. The molecule has 0 aromatic carbocycles. The molecule has 122 valence electrons. The first-order valence-electron chi connectivity index (χ1n) is 8.13. The van der Waals surface area contributed by atoms with Gasteiger partial charge in [0.25, 0.3) is 5.91 Å². The second-order valence-corrected chi connectivity index (χ2v) is 6.34. The van der Waals surface area contributed by atoms with Crippen molar-refractivity contribution in [3.63, 3.8) is 0 Å². The molecule has 1 amide bonds. The zero-order valence-electron chi connectivity index (χ0n) is 13.5. The average Bonchev–Trinajstić information content (AvgIpc) is 3.16. The van der Waals surface area contributed by atoms with Crippen LogP contribution < -0.4 is 0 Å². The summed E-state index contributed by atoms with van der Waals surface area (Å²) < 4.78 is 12.9. The van der Waals surface area contributed by atoms with Gasteiger partial charge in [-0.3, -0.25) is 9.48 Å². The Morgan fingerprint density at radius 1 is 1.41 bits per heavy atom. The van der Waals surface area contributed by atoms with E-state index in [0.717, 1.165) is 38.2 Å². The Morgan fingerprint density at radius 2 is 2.27 bits per heavy atom. The molecular weight excluding hydrogens is 282 g/mol. The van der Waals surface area contributed by atoms with Crippen molar-refractivity contribution in [2.24, 2.45) is 7.05 Å². The first kappa shape index (κ1) is 15.5. The summed E-state index contributed by atoms with van der Waals surface area (Å²) >= 11 is 0. The van der Waals surface area contributed by atoms with Gasteiger partial charge in [-0.2, -0.15) is 5.10 Å². The normalized spacial score (nSPS) is 25.4. The molecule has 0 radical (unpaired) electrons. The van der Waals surface area contributed by atoms with Gasteiger partial charge in [0.15, 0.2) is 0 Å². The SMILES string of the molecule is CN(C[C@@H]1CCCCO1)C(=O)c1cn(C)nc1[C@@H]1CCOC1. The number of aryl methyl sites for hydroxylation is 1. The molecule has 0 N–H and O–H groups in total. The first-order chi connectivity index (χ1) is 10.6. The fourth-order valence-electron chi connectivity index (χ4n) is 3.27. The van der Waals surface area contributed by atoms with E-state index < -0.39 is 0 Å². The molecule has 3 rings (SSSR count). The molecule has 2 fully saturated rings. The largest absolute Gasteiger partial charge is 0.381 e. The van der Waals surface area contributed by atoms with Crippen LogP contribution >= 0.6 is 0 Å². The van der Waals surface area contributed by atoms with E-state index in [4.69, 9.17) is 9.47 Å². The van der Waals surface area contributed by atoms with E-state index >= 15 is 0 Å². The minimum absolute atomic E-state index is 0.0316. The van der Waals surface area contributed by atoms with E-state index in [-0.39, 0.29) is 17.9 Å². The summed E-state index contributed by atoms with van der Waals surface area (Å²) in [5.41, 5.74) is 1.58. The molecule has 0 aliphatic carbocycles. The number of likely N-dealkylation sites (N-methyl/N-ethyl adjacent to an activating group) is 1. The van der Waals surface area contributed by atoms with Crippen LogP contribution in [0, 0.1) is 0 Å². The van der Waals surface area contributed by atoms with E-state index in [9.17, 15) is 4.79 Å². The Balaban J connectivity index is 1.70. The van der Waals surface area contributed by atoms with Crippen molar-refractivity contribution in [1.82, 2.24) is 14.7 Å². The summed E-state index contributed by atoms with van der Waals surface area (Å²) in [6, 6.07) is 0. The number of ether oxygens (including phenoxy) is 2. The molecule has 22 heavy (non-hydrogen) atoms. The summed E-state index contributed by atoms with van der Waals surface area (Å²) in [4.78, 5) is 14.6. The van der Waals surface area contributed by atoms with Crippen LogP contribution in [-0.4, -0.2) is 60.1 Å². The van der Waals surface area contributed by atoms with E-state index in [1.54, 1.807) is 9.58 Å². The van der Waals surface area contributed by atoms with Gasteiger partial charge in [-0.25, -0.2) is 0 Å². The molecule has 2 atom stereocenters. The molecule has 1 aromatic rings. The lowest BCUT2D eigenvalue weighted by molar-refractivity contribution is -0.000218. The number of hydrogen-bond donors (Lipinski definition) is 0. The van der Waals surface area contributed by atoms with E-state index in [1.165, 1.54) is 6.42 Å². The van der Waals surface area contributed by atoms with E-state index in [0.29, 0.717) is 18.7 Å². The Bertz CT molecular complexity index is 517. The Kier molecular flexibility index (Phi) is 4.78. The number of carbonyl (C=O) groups excluding carboxylic acids is 1. The summed E-state index contributed by atoms with van der Waals surface area (Å²) in [5.74, 6) is 0.267. The molecule has 6 nitrogen and oxygen atoms in total. The molecule has 0 bridgehead atoms. The molecule has 0 unspecified atom stereocenters. The van der Waals surface area contributed by atoms with Gasteiger partial charge in [0.2, 0.25) is 0 Å². The predicted molar refractivity (Wildman–Crippen MR) is 81.9 cm³/mol.